The van der Waals surface area contributed by atoms with Crippen molar-refractivity contribution in [3.05, 3.63) is 29.8 Å². The zero-order chi connectivity index (χ0) is 15.0. The van der Waals surface area contributed by atoms with E-state index in [1.54, 1.807) is 0 Å². The van der Waals surface area contributed by atoms with E-state index in [4.69, 9.17) is 4.74 Å². The summed E-state index contributed by atoms with van der Waals surface area (Å²) in [4.78, 5) is 0. The van der Waals surface area contributed by atoms with Gasteiger partial charge in [0.1, 0.15) is 5.75 Å². The normalized spacial score (nSPS) is 14.3. The Bertz CT molecular complexity index is 364. The molecule has 3 heteroatoms. The monoisotopic (exact) mass is 295 g/mol. The van der Waals surface area contributed by atoms with Crippen molar-refractivity contribution in [2.24, 2.45) is 5.92 Å². The van der Waals surface area contributed by atoms with Gasteiger partial charge in [-0.25, -0.2) is 0 Å². The predicted octanol–water partition coefficient (Wildman–Crippen LogP) is 4.51. The second-order valence-electron chi connectivity index (χ2n) is 5.84. The first-order valence-corrected chi connectivity index (χ1v) is 8.90. The molecule has 0 aliphatic heterocycles. The average molecular weight is 295 g/mol. The molecule has 20 heavy (non-hydrogen) atoms. The lowest BCUT2D eigenvalue weighted by Gasteiger charge is -2.20. The van der Waals surface area contributed by atoms with Crippen molar-refractivity contribution in [2.75, 3.05) is 18.6 Å². The zero-order valence-electron chi connectivity index (χ0n) is 13.5. The summed E-state index contributed by atoms with van der Waals surface area (Å²) in [5, 5.41) is 3.65. The average Bonchev–Trinajstić information content (AvgIpc) is 2.43. The maximum atomic E-state index is 5.71. The van der Waals surface area contributed by atoms with Crippen LogP contribution >= 0.6 is 11.8 Å². The molecule has 0 saturated heterocycles. The van der Waals surface area contributed by atoms with Crippen LogP contribution in [0.5, 0.6) is 5.75 Å². The van der Waals surface area contributed by atoms with Gasteiger partial charge in [0.25, 0.3) is 0 Å². The largest absolute Gasteiger partial charge is 0.493 e. The summed E-state index contributed by atoms with van der Waals surface area (Å²) in [6.07, 6.45) is 3.37. The third-order valence-corrected chi connectivity index (χ3v) is 3.90. The molecule has 0 heterocycles. The molecule has 2 unspecified atom stereocenters. The van der Waals surface area contributed by atoms with Crippen LogP contribution in [0.3, 0.4) is 0 Å². The molecule has 0 saturated carbocycles. The molecule has 2 nitrogen and oxygen atoms in total. The lowest BCUT2D eigenvalue weighted by molar-refractivity contribution is 0.271. The van der Waals surface area contributed by atoms with E-state index < -0.39 is 0 Å². The lowest BCUT2D eigenvalue weighted by atomic mass is 10.1. The van der Waals surface area contributed by atoms with Crippen LogP contribution in [-0.2, 0) is 0 Å². The number of hydrogen-bond acceptors (Lipinski definition) is 3. The Morgan fingerprint density at radius 3 is 2.30 bits per heavy atom. The minimum absolute atomic E-state index is 0.381. The summed E-state index contributed by atoms with van der Waals surface area (Å²) >= 11 is 1.91. The summed E-state index contributed by atoms with van der Waals surface area (Å²) in [5.41, 5.74) is 1.32. The van der Waals surface area contributed by atoms with Crippen molar-refractivity contribution in [1.82, 2.24) is 5.32 Å². The SMILES string of the molecule is CSCCC(C)NC(C)c1ccc(OCC(C)C)cc1. The van der Waals surface area contributed by atoms with Crippen molar-refractivity contribution < 1.29 is 4.74 Å². The summed E-state index contributed by atoms with van der Waals surface area (Å²) in [5.74, 6) is 2.74. The molecule has 0 aliphatic rings. The molecule has 1 aromatic rings. The van der Waals surface area contributed by atoms with Crippen molar-refractivity contribution in [1.29, 1.82) is 0 Å². The number of ether oxygens (including phenoxy) is 1. The highest BCUT2D eigenvalue weighted by molar-refractivity contribution is 7.98. The predicted molar refractivity (Wildman–Crippen MR) is 90.8 cm³/mol. The summed E-state index contributed by atoms with van der Waals surface area (Å²) in [6, 6.07) is 9.40. The van der Waals surface area contributed by atoms with Crippen LogP contribution in [0, 0.1) is 5.92 Å². The van der Waals surface area contributed by atoms with Crippen LogP contribution in [0.1, 0.15) is 45.7 Å². The Morgan fingerprint density at radius 1 is 1.10 bits per heavy atom. The van der Waals surface area contributed by atoms with E-state index in [0.717, 1.165) is 12.4 Å². The smallest absolute Gasteiger partial charge is 0.119 e. The molecule has 0 aliphatic carbocycles. The van der Waals surface area contributed by atoms with Crippen molar-refractivity contribution in [2.45, 2.75) is 46.2 Å². The van der Waals surface area contributed by atoms with Crippen LogP contribution in [0.15, 0.2) is 24.3 Å². The van der Waals surface area contributed by atoms with Gasteiger partial charge in [0.2, 0.25) is 0 Å². The third kappa shape index (κ3) is 6.67. The summed E-state index contributed by atoms with van der Waals surface area (Å²) < 4.78 is 5.71. The molecule has 0 bridgehead atoms. The van der Waals surface area contributed by atoms with Gasteiger partial charge in [-0.1, -0.05) is 26.0 Å². The molecule has 1 N–H and O–H groups in total. The van der Waals surface area contributed by atoms with Crippen LogP contribution < -0.4 is 10.1 Å². The first-order valence-electron chi connectivity index (χ1n) is 7.50. The minimum atomic E-state index is 0.381. The van der Waals surface area contributed by atoms with Crippen molar-refractivity contribution >= 4 is 11.8 Å². The number of thioether (sulfide) groups is 1. The fourth-order valence-corrected chi connectivity index (χ4v) is 2.61. The molecule has 0 amide bonds. The molecule has 1 rings (SSSR count). The molecule has 0 spiro atoms. The maximum Gasteiger partial charge on any atom is 0.119 e. The summed E-state index contributed by atoms with van der Waals surface area (Å²) in [6.45, 7) is 9.58. The zero-order valence-corrected chi connectivity index (χ0v) is 14.3. The van der Waals surface area contributed by atoms with Gasteiger partial charge in [0.05, 0.1) is 6.61 Å². The van der Waals surface area contributed by atoms with E-state index >= 15 is 0 Å². The van der Waals surface area contributed by atoms with E-state index in [-0.39, 0.29) is 0 Å². The quantitative estimate of drug-likeness (QED) is 0.724. The van der Waals surface area contributed by atoms with Crippen LogP contribution in [0.25, 0.3) is 0 Å². The minimum Gasteiger partial charge on any atom is -0.493 e. The van der Waals surface area contributed by atoms with Gasteiger partial charge in [-0.15, -0.1) is 0 Å². The highest BCUT2D eigenvalue weighted by Gasteiger charge is 2.09. The van der Waals surface area contributed by atoms with E-state index in [1.165, 1.54) is 17.7 Å². The lowest BCUT2D eigenvalue weighted by Crippen LogP contribution is -2.29. The Hall–Kier alpha value is -0.670. The number of rotatable bonds is 9. The van der Waals surface area contributed by atoms with Crippen LogP contribution in [0.2, 0.25) is 0 Å². The van der Waals surface area contributed by atoms with E-state index in [2.05, 4.69) is 63.5 Å². The second kappa shape index (κ2) is 9.30. The van der Waals surface area contributed by atoms with E-state index in [9.17, 15) is 0 Å². The molecule has 0 fully saturated rings. The Labute approximate surface area is 128 Å². The fourth-order valence-electron chi connectivity index (χ4n) is 2.02. The highest BCUT2D eigenvalue weighted by atomic mass is 32.2. The number of hydrogen-bond donors (Lipinski definition) is 1. The first-order chi connectivity index (χ1) is 9.52. The topological polar surface area (TPSA) is 21.3 Å². The number of benzene rings is 1. The second-order valence-corrected chi connectivity index (χ2v) is 6.83. The van der Waals surface area contributed by atoms with Gasteiger partial charge in [-0.05, 0) is 55.9 Å². The molecular formula is C17H29NOS. The maximum absolute atomic E-state index is 5.71. The molecule has 0 radical (unpaired) electrons. The standard InChI is InChI=1S/C17H29NOS/c1-13(2)12-19-17-8-6-16(7-9-17)15(4)18-14(3)10-11-20-5/h6-9,13-15,18H,10-12H2,1-5H3. The van der Waals surface area contributed by atoms with Crippen molar-refractivity contribution in [3.8, 4) is 5.75 Å². The van der Waals surface area contributed by atoms with E-state index in [0.29, 0.717) is 18.0 Å². The molecular weight excluding hydrogens is 266 g/mol. The molecule has 0 aromatic heterocycles. The number of nitrogens with one attached hydrogen (secondary N) is 1. The van der Waals surface area contributed by atoms with Gasteiger partial charge < -0.3 is 10.1 Å². The van der Waals surface area contributed by atoms with Crippen LogP contribution in [-0.4, -0.2) is 24.7 Å². The summed E-state index contributed by atoms with van der Waals surface area (Å²) in [7, 11) is 0. The Balaban J connectivity index is 2.46. The molecule has 2 atom stereocenters. The van der Waals surface area contributed by atoms with Crippen LogP contribution in [0.4, 0.5) is 0 Å². The highest BCUT2D eigenvalue weighted by Crippen LogP contribution is 2.19. The van der Waals surface area contributed by atoms with Gasteiger partial charge in [-0.3, -0.25) is 0 Å². The molecule has 114 valence electrons. The van der Waals surface area contributed by atoms with Gasteiger partial charge in [0, 0.05) is 12.1 Å². The third-order valence-electron chi connectivity index (χ3n) is 3.25. The fraction of sp³-hybridized carbons (Fsp3) is 0.647. The Kier molecular flexibility index (Phi) is 8.08. The van der Waals surface area contributed by atoms with Gasteiger partial charge >= 0.3 is 0 Å². The first kappa shape index (κ1) is 17.4. The Morgan fingerprint density at radius 2 is 1.75 bits per heavy atom. The van der Waals surface area contributed by atoms with Gasteiger partial charge in [-0.2, -0.15) is 11.8 Å². The van der Waals surface area contributed by atoms with Crippen molar-refractivity contribution in [3.63, 3.8) is 0 Å². The van der Waals surface area contributed by atoms with Gasteiger partial charge in [0.15, 0.2) is 0 Å². The molecule has 1 aromatic carbocycles. The van der Waals surface area contributed by atoms with E-state index in [1.807, 2.05) is 11.8 Å².